The van der Waals surface area contributed by atoms with Crippen LogP contribution in [-0.2, 0) is 19.1 Å². The molecule has 0 radical (unpaired) electrons. The summed E-state index contributed by atoms with van der Waals surface area (Å²) in [7, 11) is 0. The van der Waals surface area contributed by atoms with Gasteiger partial charge in [-0.05, 0) is 26.2 Å². The monoisotopic (exact) mass is 800 g/mol. The molecule has 0 saturated carbocycles. The second kappa shape index (κ2) is 18.7. The Labute approximate surface area is 287 Å². The molecule has 1 atom stereocenters. The Morgan fingerprint density at radius 2 is 0.981 bits per heavy atom. The van der Waals surface area contributed by atoms with Gasteiger partial charge in [-0.3, -0.25) is 4.79 Å². The zero-order chi connectivity index (χ0) is 41.2. The van der Waals surface area contributed by atoms with Crippen LogP contribution in [0.2, 0.25) is 0 Å². The molecule has 0 spiro atoms. The number of alkyl halides is 16. The Hall–Kier alpha value is -2.52. The molecule has 6 nitrogen and oxygen atoms in total. The predicted octanol–water partition coefficient (Wildman–Crippen LogP) is 8.87. The Balaban J connectivity index is 6.33. The number of hydrogen-bond acceptors (Lipinski definition) is 6. The molecule has 0 aliphatic carbocycles. The van der Waals surface area contributed by atoms with Crippen LogP contribution < -0.4 is 0 Å². The number of aliphatic hydroxyl groups excluding tert-OH is 2. The zero-order valence-corrected chi connectivity index (χ0v) is 27.8. The Kier molecular flexibility index (Phi) is 17.8. The van der Waals surface area contributed by atoms with Gasteiger partial charge in [-0.25, -0.2) is 4.79 Å². The van der Waals surface area contributed by atoms with Gasteiger partial charge in [0.15, 0.2) is 0 Å². The van der Waals surface area contributed by atoms with Crippen LogP contribution in [0.3, 0.4) is 0 Å². The highest BCUT2D eigenvalue weighted by atomic mass is 19.4. The van der Waals surface area contributed by atoms with E-state index in [9.17, 15) is 79.8 Å². The van der Waals surface area contributed by atoms with Gasteiger partial charge < -0.3 is 19.7 Å². The summed E-state index contributed by atoms with van der Waals surface area (Å²) in [6.45, 7) is 2.30. The lowest BCUT2D eigenvalue weighted by Crippen LogP contribution is -2.74. The highest BCUT2D eigenvalue weighted by Gasteiger charge is 2.94. The van der Waals surface area contributed by atoms with E-state index in [4.69, 9.17) is 10.2 Å². The molecule has 0 amide bonds. The third kappa shape index (κ3) is 10.8. The molecule has 0 aromatic heterocycles. The second-order valence-electron chi connectivity index (χ2n) is 12.3. The fourth-order valence-electron chi connectivity index (χ4n) is 4.27. The number of esters is 2. The minimum Gasteiger partial charge on any atom is -0.465 e. The Morgan fingerprint density at radius 1 is 0.577 bits per heavy atom. The van der Waals surface area contributed by atoms with Crippen molar-refractivity contribution in [3.63, 3.8) is 0 Å². The molecule has 0 bridgehead atoms. The smallest absolute Gasteiger partial charge is 0.384 e. The predicted molar refractivity (Wildman–Crippen MR) is 149 cm³/mol. The largest absolute Gasteiger partial charge is 0.465 e. The van der Waals surface area contributed by atoms with Crippen molar-refractivity contribution in [2.24, 2.45) is 11.8 Å². The molecular weight excluding hydrogens is 760 g/mol. The molecule has 0 heterocycles. The van der Waals surface area contributed by atoms with Crippen molar-refractivity contribution in [2.75, 3.05) is 26.4 Å². The molecule has 0 rings (SSSR count). The highest BCUT2D eigenvalue weighted by molar-refractivity contribution is 5.86. The van der Waals surface area contributed by atoms with Crippen molar-refractivity contribution in [1.29, 1.82) is 0 Å². The van der Waals surface area contributed by atoms with Crippen LogP contribution in [-0.4, -0.2) is 96.0 Å². The molecule has 52 heavy (non-hydrogen) atoms. The Morgan fingerprint density at radius 3 is 1.40 bits per heavy atom. The summed E-state index contributed by atoms with van der Waals surface area (Å²) < 4.78 is 238. The van der Waals surface area contributed by atoms with Gasteiger partial charge in [0.1, 0.15) is 0 Å². The van der Waals surface area contributed by atoms with E-state index < -0.39 is 130 Å². The number of unbranched alkanes of at least 4 members (excludes halogenated alkanes) is 4. The number of carbonyl (C=O) groups excluding carboxylic acids is 2. The van der Waals surface area contributed by atoms with Gasteiger partial charge in [-0.15, -0.1) is 0 Å². The topological polar surface area (TPSA) is 93.1 Å². The normalized spacial score (nSPS) is 14.8. The van der Waals surface area contributed by atoms with Gasteiger partial charge in [-0.1, -0.05) is 39.2 Å². The average Bonchev–Trinajstić information content (AvgIpc) is 3.03. The summed E-state index contributed by atoms with van der Waals surface area (Å²) in [5.74, 6) is -67.1. The lowest BCUT2D eigenvalue weighted by atomic mass is 9.85. The maximum Gasteiger partial charge on any atom is 0.384 e. The number of aliphatic hydroxyl groups is 2. The van der Waals surface area contributed by atoms with Gasteiger partial charge in [0.25, 0.3) is 0 Å². The van der Waals surface area contributed by atoms with Gasteiger partial charge in [-0.2, -0.15) is 70.2 Å². The molecule has 0 saturated heterocycles. The number of halogens is 16. The SMILES string of the molecule is C=C(C)C(=O)OCC(CCC(F)(F)C(F)(F)C(F)(F)C(F)(F)C(F)(F)C(F)(F)C(F)(F)C(F)(F)CCCCCCC)COC(=O)CCC(CO)CO. The first-order chi connectivity index (χ1) is 23.4. The third-order valence-corrected chi connectivity index (χ3v) is 7.90. The third-order valence-electron chi connectivity index (χ3n) is 7.90. The maximum absolute atomic E-state index is 14.6. The van der Waals surface area contributed by atoms with Crippen LogP contribution in [0.5, 0.6) is 0 Å². The van der Waals surface area contributed by atoms with Crippen molar-refractivity contribution in [2.45, 2.75) is 125 Å². The van der Waals surface area contributed by atoms with E-state index in [0.29, 0.717) is 12.8 Å². The zero-order valence-electron chi connectivity index (χ0n) is 27.8. The number of carbonyl (C=O) groups is 2. The molecular formula is C30H40F16O6. The molecule has 0 fully saturated rings. The van der Waals surface area contributed by atoms with E-state index in [-0.39, 0.29) is 24.8 Å². The van der Waals surface area contributed by atoms with E-state index >= 15 is 0 Å². The summed E-state index contributed by atoms with van der Waals surface area (Å²) in [4.78, 5) is 23.6. The summed E-state index contributed by atoms with van der Waals surface area (Å²) in [5.41, 5.74) is -0.346. The van der Waals surface area contributed by atoms with Gasteiger partial charge >= 0.3 is 59.3 Å². The van der Waals surface area contributed by atoms with Gasteiger partial charge in [0, 0.05) is 49.9 Å². The van der Waals surface area contributed by atoms with Crippen LogP contribution >= 0.6 is 0 Å². The lowest BCUT2D eigenvalue weighted by molar-refractivity contribution is -0.453. The molecule has 2 N–H and O–H groups in total. The standard InChI is InChI=1S/C30H40F16O6/c1-4-5-6-7-8-12-23(31,32)25(35,36)27(39,40)29(43,44)30(45,46)28(41,42)26(37,38)24(33,34)13-11-20(17-52-22(50)18(2)3)16-51-21(49)10-9-19(14-47)15-48/h19-20,47-48H,2,4-17H2,1,3H3. The fraction of sp³-hybridized carbons (Fsp3) is 0.867. The minimum atomic E-state index is -8.55. The van der Waals surface area contributed by atoms with Crippen molar-refractivity contribution in [1.82, 2.24) is 0 Å². The van der Waals surface area contributed by atoms with Crippen LogP contribution in [0.15, 0.2) is 12.2 Å². The number of rotatable bonds is 26. The summed E-state index contributed by atoms with van der Waals surface area (Å²) >= 11 is 0. The first-order valence-electron chi connectivity index (χ1n) is 15.6. The molecule has 1 unspecified atom stereocenters. The highest BCUT2D eigenvalue weighted by Crippen LogP contribution is 2.64. The Bertz CT molecular complexity index is 1160. The maximum atomic E-state index is 14.6. The molecule has 0 aromatic carbocycles. The molecule has 22 heteroatoms. The van der Waals surface area contributed by atoms with E-state index in [1.54, 1.807) is 6.92 Å². The average molecular weight is 801 g/mol. The second-order valence-corrected chi connectivity index (χ2v) is 12.3. The lowest BCUT2D eigenvalue weighted by Gasteiger charge is -2.43. The molecule has 0 aliphatic rings. The summed E-state index contributed by atoms with van der Waals surface area (Å²) in [5, 5.41) is 18.0. The molecule has 308 valence electrons. The van der Waals surface area contributed by atoms with E-state index in [1.165, 1.54) is 0 Å². The number of hydrogen-bond donors (Lipinski definition) is 2. The van der Waals surface area contributed by atoms with E-state index in [1.807, 2.05) is 0 Å². The van der Waals surface area contributed by atoms with E-state index in [0.717, 1.165) is 6.92 Å². The van der Waals surface area contributed by atoms with Crippen LogP contribution in [0, 0.1) is 11.8 Å². The van der Waals surface area contributed by atoms with Crippen molar-refractivity contribution < 1.29 is 99.5 Å². The molecule has 0 aliphatic heterocycles. The summed E-state index contributed by atoms with van der Waals surface area (Å²) in [6.07, 6.45) is -8.21. The van der Waals surface area contributed by atoms with Crippen LogP contribution in [0.1, 0.15) is 78.1 Å². The van der Waals surface area contributed by atoms with Gasteiger partial charge in [0.05, 0.1) is 13.2 Å². The van der Waals surface area contributed by atoms with Crippen LogP contribution in [0.25, 0.3) is 0 Å². The van der Waals surface area contributed by atoms with E-state index in [2.05, 4.69) is 16.1 Å². The number of ether oxygens (including phenoxy) is 2. The molecule has 0 aromatic rings. The quantitative estimate of drug-likeness (QED) is 0.0393. The summed E-state index contributed by atoms with van der Waals surface area (Å²) in [6, 6.07) is 0. The van der Waals surface area contributed by atoms with Crippen molar-refractivity contribution in [3.8, 4) is 0 Å². The first-order valence-corrected chi connectivity index (χ1v) is 15.6. The first kappa shape index (κ1) is 49.5. The van der Waals surface area contributed by atoms with Crippen molar-refractivity contribution >= 4 is 11.9 Å². The minimum absolute atomic E-state index is 0.0427. The van der Waals surface area contributed by atoms with Crippen LogP contribution in [0.4, 0.5) is 70.2 Å². The fourth-order valence-corrected chi connectivity index (χ4v) is 4.27. The van der Waals surface area contributed by atoms with Crippen molar-refractivity contribution in [3.05, 3.63) is 12.2 Å². The van der Waals surface area contributed by atoms with Gasteiger partial charge in [0.2, 0.25) is 0 Å².